The van der Waals surface area contributed by atoms with E-state index in [2.05, 4.69) is 10.6 Å². The normalized spacial score (nSPS) is 9.91. The Hall–Kier alpha value is -2.82. The molecule has 2 amide bonds. The highest BCUT2D eigenvalue weighted by atomic mass is 16.5. The second-order valence-electron chi connectivity index (χ2n) is 4.83. The first-order chi connectivity index (χ1) is 10.6. The van der Waals surface area contributed by atoms with Gasteiger partial charge in [-0.05, 0) is 30.7 Å². The maximum Gasteiger partial charge on any atom is 0.262 e. The van der Waals surface area contributed by atoms with E-state index in [9.17, 15) is 9.59 Å². The van der Waals surface area contributed by atoms with Crippen molar-refractivity contribution in [2.45, 2.75) is 13.8 Å². The minimum atomic E-state index is -0.291. The monoisotopic (exact) mass is 298 g/mol. The van der Waals surface area contributed by atoms with Crippen molar-refractivity contribution in [3.05, 3.63) is 54.1 Å². The number of aryl methyl sites for hydroxylation is 1. The summed E-state index contributed by atoms with van der Waals surface area (Å²) in [6.45, 7) is 3.23. The van der Waals surface area contributed by atoms with Crippen LogP contribution in [0.3, 0.4) is 0 Å². The van der Waals surface area contributed by atoms with Gasteiger partial charge in [-0.2, -0.15) is 0 Å². The number of hydrogen-bond donors (Lipinski definition) is 2. The summed E-state index contributed by atoms with van der Waals surface area (Å²) in [4.78, 5) is 23.1. The quantitative estimate of drug-likeness (QED) is 0.891. The average molecular weight is 298 g/mol. The minimum absolute atomic E-state index is 0.0980. The van der Waals surface area contributed by atoms with Gasteiger partial charge in [0.1, 0.15) is 5.75 Å². The summed E-state index contributed by atoms with van der Waals surface area (Å²) in [5, 5.41) is 5.39. The van der Waals surface area contributed by atoms with Crippen LogP contribution in [-0.4, -0.2) is 18.4 Å². The molecule has 0 heterocycles. The molecule has 0 radical (unpaired) electrons. The van der Waals surface area contributed by atoms with Crippen LogP contribution in [0, 0.1) is 6.92 Å². The van der Waals surface area contributed by atoms with Crippen LogP contribution in [0.5, 0.6) is 5.75 Å². The first-order valence-electron chi connectivity index (χ1n) is 6.91. The van der Waals surface area contributed by atoms with Crippen LogP contribution < -0.4 is 15.4 Å². The maximum absolute atomic E-state index is 12.0. The van der Waals surface area contributed by atoms with E-state index in [1.165, 1.54) is 6.92 Å². The molecule has 0 saturated heterocycles. The molecule has 0 unspecified atom stereocenters. The second-order valence-corrected chi connectivity index (χ2v) is 4.83. The number of carbonyl (C=O) groups excluding carboxylic acids is 2. The Morgan fingerprint density at radius 1 is 0.955 bits per heavy atom. The van der Waals surface area contributed by atoms with E-state index in [0.717, 1.165) is 5.56 Å². The highest BCUT2D eigenvalue weighted by molar-refractivity contribution is 5.99. The molecule has 0 atom stereocenters. The lowest BCUT2D eigenvalue weighted by atomic mass is 10.2. The summed E-state index contributed by atoms with van der Waals surface area (Å²) < 4.78 is 5.49. The van der Waals surface area contributed by atoms with E-state index >= 15 is 0 Å². The zero-order chi connectivity index (χ0) is 15.9. The fraction of sp³-hybridized carbons (Fsp3) is 0.176. The number of nitrogens with one attached hydrogen (secondary N) is 2. The molecular weight excluding hydrogens is 280 g/mol. The summed E-state index contributed by atoms with van der Waals surface area (Å²) in [6.07, 6.45) is 0. The van der Waals surface area contributed by atoms with Gasteiger partial charge < -0.3 is 15.4 Å². The molecule has 2 aromatic carbocycles. The van der Waals surface area contributed by atoms with Gasteiger partial charge in [-0.25, -0.2) is 0 Å². The van der Waals surface area contributed by atoms with Crippen molar-refractivity contribution in [1.82, 2.24) is 0 Å². The van der Waals surface area contributed by atoms with Crippen molar-refractivity contribution in [2.75, 3.05) is 17.2 Å². The van der Waals surface area contributed by atoms with E-state index < -0.39 is 0 Å². The number of anilines is 2. The van der Waals surface area contributed by atoms with E-state index in [4.69, 9.17) is 4.74 Å². The third-order valence-corrected chi connectivity index (χ3v) is 2.96. The number of para-hydroxylation sites is 3. The molecule has 2 aromatic rings. The summed E-state index contributed by atoms with van der Waals surface area (Å²) in [6, 6.07) is 14.5. The van der Waals surface area contributed by atoms with Crippen LogP contribution in [0.2, 0.25) is 0 Å². The van der Waals surface area contributed by atoms with Crippen molar-refractivity contribution < 1.29 is 14.3 Å². The maximum atomic E-state index is 12.0. The molecule has 0 aliphatic heterocycles. The van der Waals surface area contributed by atoms with Gasteiger partial charge in [0.15, 0.2) is 6.61 Å². The zero-order valence-corrected chi connectivity index (χ0v) is 12.6. The lowest BCUT2D eigenvalue weighted by molar-refractivity contribution is -0.118. The molecule has 0 saturated carbocycles. The Morgan fingerprint density at radius 2 is 1.55 bits per heavy atom. The Labute approximate surface area is 129 Å². The molecule has 0 aromatic heterocycles. The number of hydrogen-bond acceptors (Lipinski definition) is 3. The summed E-state index contributed by atoms with van der Waals surface area (Å²) in [5.41, 5.74) is 2.06. The van der Waals surface area contributed by atoms with Crippen LogP contribution in [0.1, 0.15) is 12.5 Å². The third-order valence-electron chi connectivity index (χ3n) is 2.96. The van der Waals surface area contributed by atoms with Crippen molar-refractivity contribution in [1.29, 1.82) is 0 Å². The lowest BCUT2D eigenvalue weighted by Gasteiger charge is -2.12. The highest BCUT2D eigenvalue weighted by Gasteiger charge is 2.08. The number of ether oxygens (including phenoxy) is 1. The summed E-state index contributed by atoms with van der Waals surface area (Å²) >= 11 is 0. The van der Waals surface area contributed by atoms with Gasteiger partial charge in [0.05, 0.1) is 11.4 Å². The zero-order valence-electron chi connectivity index (χ0n) is 12.6. The van der Waals surface area contributed by atoms with E-state index in [0.29, 0.717) is 17.1 Å². The van der Waals surface area contributed by atoms with Gasteiger partial charge in [-0.3, -0.25) is 9.59 Å². The van der Waals surface area contributed by atoms with E-state index in [1.807, 2.05) is 31.2 Å². The first kappa shape index (κ1) is 15.6. The lowest BCUT2D eigenvalue weighted by Crippen LogP contribution is -2.21. The van der Waals surface area contributed by atoms with Crippen molar-refractivity contribution in [2.24, 2.45) is 0 Å². The molecule has 114 valence electrons. The second kappa shape index (κ2) is 7.26. The van der Waals surface area contributed by atoms with Gasteiger partial charge in [-0.15, -0.1) is 0 Å². The van der Waals surface area contributed by atoms with Gasteiger partial charge >= 0.3 is 0 Å². The summed E-state index contributed by atoms with van der Waals surface area (Å²) in [7, 11) is 0. The molecule has 2 N–H and O–H groups in total. The van der Waals surface area contributed by atoms with Gasteiger partial charge in [-0.1, -0.05) is 30.3 Å². The number of amides is 2. The van der Waals surface area contributed by atoms with Crippen LogP contribution in [0.15, 0.2) is 48.5 Å². The van der Waals surface area contributed by atoms with E-state index in [1.54, 1.807) is 24.3 Å². The molecule has 0 fully saturated rings. The molecule has 0 aliphatic carbocycles. The molecule has 22 heavy (non-hydrogen) atoms. The molecule has 0 spiro atoms. The smallest absolute Gasteiger partial charge is 0.262 e. The Balaban J connectivity index is 1.98. The van der Waals surface area contributed by atoms with Crippen LogP contribution in [-0.2, 0) is 9.59 Å². The predicted octanol–water partition coefficient (Wildman–Crippen LogP) is 2.97. The molecule has 2 rings (SSSR count). The van der Waals surface area contributed by atoms with Gasteiger partial charge in [0.2, 0.25) is 5.91 Å². The molecule has 5 heteroatoms. The first-order valence-corrected chi connectivity index (χ1v) is 6.91. The van der Waals surface area contributed by atoms with Crippen LogP contribution in [0.4, 0.5) is 11.4 Å². The van der Waals surface area contributed by atoms with Crippen molar-refractivity contribution in [3.8, 4) is 5.75 Å². The van der Waals surface area contributed by atoms with Gasteiger partial charge in [0.25, 0.3) is 5.91 Å². The Bertz CT molecular complexity index is 683. The number of rotatable bonds is 5. The minimum Gasteiger partial charge on any atom is -0.483 e. The van der Waals surface area contributed by atoms with Gasteiger partial charge in [0, 0.05) is 6.92 Å². The SMILES string of the molecule is CC(=O)Nc1ccccc1NC(=O)COc1ccccc1C. The largest absolute Gasteiger partial charge is 0.483 e. The number of carbonyl (C=O) groups is 2. The third kappa shape index (κ3) is 4.34. The standard InChI is InChI=1S/C17H18N2O3/c1-12-7-3-6-10-16(12)22-11-17(21)19-15-9-5-4-8-14(15)18-13(2)20/h3-10H,11H2,1-2H3,(H,18,20)(H,19,21). The predicted molar refractivity (Wildman–Crippen MR) is 86.0 cm³/mol. The Kier molecular flexibility index (Phi) is 5.14. The average Bonchev–Trinajstić information content (AvgIpc) is 2.48. The molecule has 0 aliphatic rings. The molecule has 5 nitrogen and oxygen atoms in total. The highest BCUT2D eigenvalue weighted by Crippen LogP contribution is 2.21. The Morgan fingerprint density at radius 3 is 2.18 bits per heavy atom. The fourth-order valence-corrected chi connectivity index (χ4v) is 1.94. The fourth-order valence-electron chi connectivity index (χ4n) is 1.94. The van der Waals surface area contributed by atoms with Crippen LogP contribution in [0.25, 0.3) is 0 Å². The molecular formula is C17H18N2O3. The van der Waals surface area contributed by atoms with Crippen LogP contribution >= 0.6 is 0 Å². The topological polar surface area (TPSA) is 67.4 Å². The molecule has 0 bridgehead atoms. The van der Waals surface area contributed by atoms with Crippen molar-refractivity contribution in [3.63, 3.8) is 0 Å². The van der Waals surface area contributed by atoms with Crippen molar-refractivity contribution >= 4 is 23.2 Å². The number of benzene rings is 2. The van der Waals surface area contributed by atoms with E-state index in [-0.39, 0.29) is 18.4 Å². The summed E-state index contributed by atoms with van der Waals surface area (Å²) in [5.74, 6) is 0.187.